The van der Waals surface area contributed by atoms with Crippen LogP contribution in [-0.2, 0) is 14.4 Å². The van der Waals surface area contributed by atoms with E-state index in [-0.39, 0.29) is 35.6 Å². The Kier molecular flexibility index (Phi) is 9.76. The number of fused-ring (bicyclic) bond motifs is 1. The molecule has 0 spiro atoms. The molecule has 0 aromatic carbocycles. The maximum atomic E-state index is 13.7. The lowest BCUT2D eigenvalue weighted by molar-refractivity contribution is -0.138. The van der Waals surface area contributed by atoms with Crippen LogP contribution in [0.2, 0.25) is 0 Å². The number of anilines is 2. The average molecular weight is 744 g/mol. The van der Waals surface area contributed by atoms with Gasteiger partial charge in [0.25, 0.3) is 0 Å². The van der Waals surface area contributed by atoms with E-state index in [1.807, 2.05) is 55.5 Å². The molecule has 276 valence electrons. The SMILES string of the molecule is CNc1cc(-c2ccc3cc(C#N)cnn23)ncc1-c1nnc(C2CCC(N(C)C(=O)C3CCN(c4ccc([C@@H]5CCC(=O)NC5=O)cn4)CC3)CC2)s1. The molecule has 0 bridgehead atoms. The van der Waals surface area contributed by atoms with Gasteiger partial charge in [-0.25, -0.2) is 9.50 Å². The Morgan fingerprint density at radius 1 is 0.981 bits per heavy atom. The van der Waals surface area contributed by atoms with Crippen molar-refractivity contribution in [2.24, 2.45) is 5.92 Å². The minimum atomic E-state index is -0.347. The van der Waals surface area contributed by atoms with Crippen LogP contribution >= 0.6 is 11.3 Å². The second kappa shape index (κ2) is 14.9. The number of carbonyl (C=O) groups excluding carboxylic acids is 3. The van der Waals surface area contributed by atoms with E-state index in [1.165, 1.54) is 0 Å². The van der Waals surface area contributed by atoms with Crippen molar-refractivity contribution in [2.75, 3.05) is 37.4 Å². The molecular weight excluding hydrogens is 703 g/mol. The monoisotopic (exact) mass is 743 g/mol. The summed E-state index contributed by atoms with van der Waals surface area (Å²) in [7, 11) is 3.84. The summed E-state index contributed by atoms with van der Waals surface area (Å²) in [5.74, 6) is 0.534. The highest BCUT2D eigenvalue weighted by Gasteiger charge is 2.34. The molecule has 0 unspecified atom stereocenters. The Morgan fingerprint density at radius 3 is 2.52 bits per heavy atom. The molecule has 1 aliphatic carbocycles. The molecule has 14 nitrogen and oxygen atoms in total. The zero-order valence-corrected chi connectivity index (χ0v) is 31.1. The number of nitrogens with one attached hydrogen (secondary N) is 2. The summed E-state index contributed by atoms with van der Waals surface area (Å²) < 4.78 is 1.78. The Bertz CT molecular complexity index is 2250. The first-order valence-corrected chi connectivity index (χ1v) is 19.3. The van der Waals surface area contributed by atoms with Crippen molar-refractivity contribution in [3.05, 3.63) is 71.1 Å². The van der Waals surface area contributed by atoms with Crippen molar-refractivity contribution >= 4 is 46.1 Å². The summed E-state index contributed by atoms with van der Waals surface area (Å²) in [6.45, 7) is 1.50. The van der Waals surface area contributed by atoms with E-state index in [4.69, 9.17) is 4.98 Å². The highest BCUT2D eigenvalue weighted by molar-refractivity contribution is 7.14. The fraction of sp³-hybridized carbons (Fsp3) is 0.410. The lowest BCUT2D eigenvalue weighted by Gasteiger charge is -2.38. The van der Waals surface area contributed by atoms with Crippen LogP contribution in [0.5, 0.6) is 0 Å². The van der Waals surface area contributed by atoms with Gasteiger partial charge in [0.1, 0.15) is 16.9 Å². The molecule has 2 saturated heterocycles. The van der Waals surface area contributed by atoms with Gasteiger partial charge in [-0.1, -0.05) is 17.4 Å². The number of imide groups is 1. The first kappa shape index (κ1) is 35.3. The van der Waals surface area contributed by atoms with Crippen molar-refractivity contribution in [3.63, 3.8) is 0 Å². The van der Waals surface area contributed by atoms with Crippen LogP contribution in [0.3, 0.4) is 0 Å². The number of amides is 3. The summed E-state index contributed by atoms with van der Waals surface area (Å²) in [4.78, 5) is 51.0. The molecule has 5 aromatic rings. The quantitative estimate of drug-likeness (QED) is 0.201. The fourth-order valence-corrected chi connectivity index (χ4v) is 9.11. The van der Waals surface area contributed by atoms with E-state index in [9.17, 15) is 19.6 Å². The van der Waals surface area contributed by atoms with Crippen LogP contribution in [0.4, 0.5) is 11.5 Å². The van der Waals surface area contributed by atoms with Crippen molar-refractivity contribution in [1.29, 1.82) is 5.26 Å². The molecule has 3 aliphatic rings. The molecule has 1 saturated carbocycles. The van der Waals surface area contributed by atoms with Crippen LogP contribution in [0.15, 0.2) is 55.0 Å². The van der Waals surface area contributed by atoms with Crippen LogP contribution in [0, 0.1) is 17.2 Å². The maximum Gasteiger partial charge on any atom is 0.234 e. The number of aromatic nitrogens is 6. The second-order valence-electron chi connectivity index (χ2n) is 14.4. The lowest BCUT2D eigenvalue weighted by atomic mass is 9.85. The normalized spacial score (nSPS) is 20.8. The number of nitrogens with zero attached hydrogens (tertiary/aromatic N) is 9. The molecule has 54 heavy (non-hydrogen) atoms. The highest BCUT2D eigenvalue weighted by Crippen LogP contribution is 2.40. The number of piperidine rings is 2. The number of pyridine rings is 2. The van der Waals surface area contributed by atoms with E-state index >= 15 is 0 Å². The topological polar surface area (TPSA) is 174 Å². The van der Waals surface area contributed by atoms with Gasteiger partial charge in [0.05, 0.1) is 40.1 Å². The van der Waals surface area contributed by atoms with Gasteiger partial charge >= 0.3 is 0 Å². The molecule has 15 heteroatoms. The largest absolute Gasteiger partial charge is 0.387 e. The van der Waals surface area contributed by atoms with Crippen molar-refractivity contribution in [2.45, 2.75) is 69.2 Å². The van der Waals surface area contributed by atoms with Gasteiger partial charge in [-0.3, -0.25) is 24.7 Å². The van der Waals surface area contributed by atoms with Crippen molar-refractivity contribution in [1.82, 2.24) is 40.0 Å². The molecule has 3 fully saturated rings. The third kappa shape index (κ3) is 6.89. The van der Waals surface area contributed by atoms with Crippen LogP contribution in [0.25, 0.3) is 27.5 Å². The number of carbonyl (C=O) groups is 3. The summed E-state index contributed by atoms with van der Waals surface area (Å²) >= 11 is 1.61. The summed E-state index contributed by atoms with van der Waals surface area (Å²) in [6.07, 6.45) is 11.3. The summed E-state index contributed by atoms with van der Waals surface area (Å²) in [5.41, 5.74) is 5.51. The van der Waals surface area contributed by atoms with Gasteiger partial charge in [0, 0.05) is 69.6 Å². The average Bonchev–Trinajstić information content (AvgIpc) is 3.88. The molecule has 3 amide bonds. The number of rotatable bonds is 8. The van der Waals surface area contributed by atoms with Crippen molar-refractivity contribution in [3.8, 4) is 28.0 Å². The lowest BCUT2D eigenvalue weighted by Crippen LogP contribution is -2.46. The van der Waals surface area contributed by atoms with Crippen LogP contribution in [-0.4, -0.2) is 85.6 Å². The van der Waals surface area contributed by atoms with Crippen LogP contribution < -0.4 is 15.5 Å². The van der Waals surface area contributed by atoms with E-state index in [0.29, 0.717) is 24.3 Å². The van der Waals surface area contributed by atoms with E-state index in [0.717, 1.165) is 101 Å². The zero-order chi connectivity index (χ0) is 37.3. The Morgan fingerprint density at radius 2 is 1.80 bits per heavy atom. The van der Waals surface area contributed by atoms with E-state index in [2.05, 4.69) is 41.9 Å². The number of hydrogen-bond acceptors (Lipinski definition) is 12. The maximum absolute atomic E-state index is 13.7. The Balaban J connectivity index is 0.843. The molecule has 1 atom stereocenters. The van der Waals surface area contributed by atoms with E-state index in [1.54, 1.807) is 34.3 Å². The minimum absolute atomic E-state index is 0.0112. The molecule has 7 heterocycles. The highest BCUT2D eigenvalue weighted by atomic mass is 32.1. The van der Waals surface area contributed by atoms with Crippen LogP contribution in [0.1, 0.15) is 79.3 Å². The van der Waals surface area contributed by atoms with Gasteiger partial charge in [-0.05, 0) is 80.8 Å². The number of nitriles is 1. The first-order valence-electron chi connectivity index (χ1n) is 18.5. The third-order valence-electron chi connectivity index (χ3n) is 11.3. The summed E-state index contributed by atoms with van der Waals surface area (Å²) in [6, 6.07) is 13.9. The number of hydrogen-bond donors (Lipinski definition) is 2. The predicted molar refractivity (Wildman–Crippen MR) is 204 cm³/mol. The Labute approximate surface area is 316 Å². The van der Waals surface area contributed by atoms with Crippen molar-refractivity contribution < 1.29 is 14.4 Å². The minimum Gasteiger partial charge on any atom is -0.387 e. The first-order chi connectivity index (χ1) is 26.3. The molecule has 8 rings (SSSR count). The molecule has 5 aromatic heterocycles. The van der Waals surface area contributed by atoms with Gasteiger partial charge in [-0.15, -0.1) is 10.2 Å². The standard InChI is InChI=1S/C39H41N11O3S/c1-41-31-18-32(33-10-8-28-17-23(19-40)20-44-50(28)33)42-22-30(31)38-47-46-37(54-38)24-3-6-27(7-4-24)48(2)39(53)25-13-15-49(16-14-25)34-11-5-26(21-43-34)29-9-12-35(51)45-36(29)52/h5,8,10-11,17-18,20-22,24-25,27,29H,3-4,6-7,9,12-16H2,1-2H3,(H,41,42)(H,45,51,52)/t24?,27?,29-/m0/s1. The van der Waals surface area contributed by atoms with Gasteiger partial charge in [0.2, 0.25) is 17.7 Å². The molecule has 2 N–H and O–H groups in total. The predicted octanol–water partition coefficient (Wildman–Crippen LogP) is 5.14. The molecule has 2 aliphatic heterocycles. The van der Waals surface area contributed by atoms with Gasteiger partial charge in [-0.2, -0.15) is 10.4 Å². The van der Waals surface area contributed by atoms with Gasteiger partial charge in [0.15, 0.2) is 5.01 Å². The van der Waals surface area contributed by atoms with Gasteiger partial charge < -0.3 is 15.1 Å². The third-order valence-corrected chi connectivity index (χ3v) is 12.4. The smallest absolute Gasteiger partial charge is 0.234 e. The van der Waals surface area contributed by atoms with E-state index < -0.39 is 0 Å². The fourth-order valence-electron chi connectivity index (χ4n) is 8.07. The molecule has 0 radical (unpaired) electrons. The zero-order valence-electron chi connectivity index (χ0n) is 30.2. The summed E-state index contributed by atoms with van der Waals surface area (Å²) in [5, 5.41) is 30.4. The second-order valence-corrected chi connectivity index (χ2v) is 15.4. The molecular formula is C39H41N11O3S. The Hall–Kier alpha value is -5.75.